The SMILES string of the molecule is O=C(CCC[C@@H]1[C@H]2CCCN3CCC[C@@H](CN1Cc1ccccc1)[C@@H]23)N1CCN(c2ncccn2)CC1. The zero-order valence-corrected chi connectivity index (χ0v) is 22.1. The van der Waals surface area contributed by atoms with Crippen LogP contribution in [0, 0.1) is 11.8 Å². The van der Waals surface area contributed by atoms with E-state index in [0.717, 1.165) is 69.4 Å². The van der Waals surface area contributed by atoms with Gasteiger partial charge in [-0.15, -0.1) is 0 Å². The van der Waals surface area contributed by atoms with Gasteiger partial charge in [0.05, 0.1) is 0 Å². The first-order valence-electron chi connectivity index (χ1n) is 14.6. The molecule has 7 nitrogen and oxygen atoms in total. The predicted octanol–water partition coefficient (Wildman–Crippen LogP) is 3.67. The van der Waals surface area contributed by atoms with E-state index in [-0.39, 0.29) is 0 Å². The Hall–Kier alpha value is -2.51. The van der Waals surface area contributed by atoms with Crippen molar-refractivity contribution in [2.75, 3.05) is 50.7 Å². The smallest absolute Gasteiger partial charge is 0.225 e. The van der Waals surface area contributed by atoms with Gasteiger partial charge in [0.2, 0.25) is 11.9 Å². The maximum absolute atomic E-state index is 13.2. The van der Waals surface area contributed by atoms with Crippen LogP contribution in [-0.2, 0) is 11.3 Å². The molecule has 198 valence electrons. The highest BCUT2D eigenvalue weighted by Gasteiger charge is 2.48. The summed E-state index contributed by atoms with van der Waals surface area (Å²) in [5, 5.41) is 0. The third-order valence-electron chi connectivity index (χ3n) is 9.36. The van der Waals surface area contributed by atoms with Crippen LogP contribution in [0.5, 0.6) is 0 Å². The molecule has 4 saturated heterocycles. The van der Waals surface area contributed by atoms with Crippen molar-refractivity contribution < 1.29 is 4.79 Å². The number of anilines is 1. The summed E-state index contributed by atoms with van der Waals surface area (Å²) in [5.41, 5.74) is 1.42. The van der Waals surface area contributed by atoms with Crippen LogP contribution in [-0.4, -0.2) is 88.5 Å². The summed E-state index contributed by atoms with van der Waals surface area (Å²) in [6.45, 7) is 8.00. The topological polar surface area (TPSA) is 55.8 Å². The molecule has 4 atom stereocenters. The number of piperidine rings is 3. The largest absolute Gasteiger partial charge is 0.339 e. The summed E-state index contributed by atoms with van der Waals surface area (Å²) in [6, 6.07) is 14.2. The minimum atomic E-state index is 0.319. The summed E-state index contributed by atoms with van der Waals surface area (Å²) >= 11 is 0. The Bertz CT molecular complexity index is 1010. The molecule has 6 rings (SSSR count). The third kappa shape index (κ3) is 5.53. The number of likely N-dealkylation sites (tertiary alicyclic amines) is 1. The number of hydrogen-bond acceptors (Lipinski definition) is 6. The van der Waals surface area contributed by atoms with Crippen molar-refractivity contribution in [3.05, 3.63) is 54.4 Å². The Kier molecular flexibility index (Phi) is 7.70. The van der Waals surface area contributed by atoms with E-state index in [9.17, 15) is 4.79 Å². The van der Waals surface area contributed by atoms with E-state index in [1.807, 2.05) is 6.07 Å². The zero-order valence-electron chi connectivity index (χ0n) is 22.1. The molecule has 4 aliphatic rings. The van der Waals surface area contributed by atoms with Crippen LogP contribution < -0.4 is 4.90 Å². The average Bonchev–Trinajstić information content (AvgIpc) is 2.96. The van der Waals surface area contributed by atoms with E-state index in [4.69, 9.17) is 0 Å². The normalized spacial score (nSPS) is 28.6. The predicted molar refractivity (Wildman–Crippen MR) is 146 cm³/mol. The number of rotatable bonds is 7. The lowest BCUT2D eigenvalue weighted by atomic mass is 9.69. The maximum Gasteiger partial charge on any atom is 0.225 e. The Labute approximate surface area is 221 Å². The summed E-state index contributed by atoms with van der Waals surface area (Å²) in [7, 11) is 0. The van der Waals surface area contributed by atoms with E-state index in [2.05, 4.69) is 59.9 Å². The van der Waals surface area contributed by atoms with Crippen molar-refractivity contribution >= 4 is 11.9 Å². The van der Waals surface area contributed by atoms with Crippen LogP contribution in [0.3, 0.4) is 0 Å². The number of nitrogens with zero attached hydrogens (tertiary/aromatic N) is 6. The molecule has 0 bridgehead atoms. The lowest BCUT2D eigenvalue weighted by molar-refractivity contribution is -0.131. The first-order valence-corrected chi connectivity index (χ1v) is 14.6. The van der Waals surface area contributed by atoms with Gasteiger partial charge in [-0.1, -0.05) is 30.3 Å². The number of piperazine rings is 1. The molecule has 1 aromatic carbocycles. The zero-order chi connectivity index (χ0) is 25.0. The molecule has 0 N–H and O–H groups in total. The second-order valence-corrected chi connectivity index (χ2v) is 11.5. The fourth-order valence-corrected chi connectivity index (χ4v) is 7.71. The molecule has 1 amide bonds. The number of benzene rings is 1. The van der Waals surface area contributed by atoms with Crippen molar-refractivity contribution in [1.29, 1.82) is 0 Å². The van der Waals surface area contributed by atoms with Gasteiger partial charge in [-0.2, -0.15) is 0 Å². The van der Waals surface area contributed by atoms with Crippen molar-refractivity contribution in [3.63, 3.8) is 0 Å². The number of amides is 1. The van der Waals surface area contributed by atoms with Crippen molar-refractivity contribution in [3.8, 4) is 0 Å². The first-order chi connectivity index (χ1) is 18.3. The fourth-order valence-electron chi connectivity index (χ4n) is 7.71. The van der Waals surface area contributed by atoms with Gasteiger partial charge in [0.15, 0.2) is 0 Å². The fraction of sp³-hybridized carbons (Fsp3) is 0.633. The van der Waals surface area contributed by atoms with Crippen molar-refractivity contribution in [2.24, 2.45) is 11.8 Å². The summed E-state index contributed by atoms with van der Waals surface area (Å²) in [4.78, 5) is 31.8. The maximum atomic E-state index is 13.2. The van der Waals surface area contributed by atoms with E-state index in [1.165, 1.54) is 50.9 Å². The summed E-state index contributed by atoms with van der Waals surface area (Å²) in [6.07, 6.45) is 11.8. The summed E-state index contributed by atoms with van der Waals surface area (Å²) in [5.74, 6) is 2.65. The highest BCUT2D eigenvalue weighted by Crippen LogP contribution is 2.43. The molecule has 1 aromatic heterocycles. The van der Waals surface area contributed by atoms with Gasteiger partial charge in [0.25, 0.3) is 0 Å². The van der Waals surface area contributed by atoms with Crippen LogP contribution in [0.4, 0.5) is 5.95 Å². The number of carbonyl (C=O) groups is 1. The van der Waals surface area contributed by atoms with E-state index in [0.29, 0.717) is 18.4 Å². The second-order valence-electron chi connectivity index (χ2n) is 11.5. The van der Waals surface area contributed by atoms with Crippen molar-refractivity contribution in [2.45, 2.75) is 63.6 Å². The van der Waals surface area contributed by atoms with Gasteiger partial charge in [-0.05, 0) is 75.1 Å². The Morgan fingerprint density at radius 3 is 2.43 bits per heavy atom. The van der Waals surface area contributed by atoms with Crippen molar-refractivity contribution in [1.82, 2.24) is 24.7 Å². The average molecular weight is 503 g/mol. The van der Waals surface area contributed by atoms with E-state index in [1.54, 1.807) is 12.4 Å². The molecule has 2 aromatic rings. The van der Waals surface area contributed by atoms with Crippen LogP contribution in [0.1, 0.15) is 50.5 Å². The highest BCUT2D eigenvalue weighted by molar-refractivity contribution is 5.76. The van der Waals surface area contributed by atoms with Crippen LogP contribution in [0.15, 0.2) is 48.8 Å². The molecule has 4 aliphatic heterocycles. The summed E-state index contributed by atoms with van der Waals surface area (Å²) < 4.78 is 0. The van der Waals surface area contributed by atoms with E-state index < -0.39 is 0 Å². The molecule has 7 heteroatoms. The molecule has 5 heterocycles. The highest BCUT2D eigenvalue weighted by atomic mass is 16.2. The number of aromatic nitrogens is 2. The molecule has 0 radical (unpaired) electrons. The standard InChI is InChI=1S/C30H42N6O/c37-28(33-18-20-35(21-19-33)30-31-14-7-15-32-30)13-4-12-27-26-11-6-17-34-16-5-10-25(29(26)34)23-36(27)22-24-8-2-1-3-9-24/h1-3,7-9,14-15,25-27,29H,4-6,10-13,16-23H2/t25-,26+,27+,29-/m0/s1. The number of hydrogen-bond donors (Lipinski definition) is 0. The lowest BCUT2D eigenvalue weighted by Gasteiger charge is -2.57. The molecule has 4 fully saturated rings. The van der Waals surface area contributed by atoms with E-state index >= 15 is 0 Å². The number of carbonyl (C=O) groups excluding carboxylic acids is 1. The van der Waals surface area contributed by atoms with Gasteiger partial charge in [-0.3, -0.25) is 14.6 Å². The lowest BCUT2D eigenvalue weighted by Crippen LogP contribution is -2.64. The van der Waals surface area contributed by atoms with Gasteiger partial charge in [0, 0.05) is 70.2 Å². The van der Waals surface area contributed by atoms with Gasteiger partial charge in [-0.25, -0.2) is 9.97 Å². The monoisotopic (exact) mass is 502 g/mol. The Morgan fingerprint density at radius 2 is 1.65 bits per heavy atom. The minimum Gasteiger partial charge on any atom is -0.339 e. The molecule has 0 aliphatic carbocycles. The molecular weight excluding hydrogens is 460 g/mol. The van der Waals surface area contributed by atoms with Gasteiger partial charge >= 0.3 is 0 Å². The Morgan fingerprint density at radius 1 is 0.892 bits per heavy atom. The first kappa shape index (κ1) is 24.8. The van der Waals surface area contributed by atoms with Gasteiger partial charge in [0.1, 0.15) is 0 Å². The third-order valence-corrected chi connectivity index (χ3v) is 9.36. The van der Waals surface area contributed by atoms with Crippen LogP contribution >= 0.6 is 0 Å². The van der Waals surface area contributed by atoms with Crippen LogP contribution in [0.2, 0.25) is 0 Å². The van der Waals surface area contributed by atoms with Crippen LogP contribution in [0.25, 0.3) is 0 Å². The quantitative estimate of drug-likeness (QED) is 0.576. The molecule has 37 heavy (non-hydrogen) atoms. The molecule has 0 unspecified atom stereocenters. The Balaban J connectivity index is 1.07. The van der Waals surface area contributed by atoms with Gasteiger partial charge < -0.3 is 9.80 Å². The minimum absolute atomic E-state index is 0.319. The second kappa shape index (κ2) is 11.5. The molecule has 0 saturated carbocycles. The molecule has 0 spiro atoms. The molecular formula is C30H42N6O.